The van der Waals surface area contributed by atoms with E-state index >= 15 is 0 Å². The lowest BCUT2D eigenvalue weighted by molar-refractivity contribution is -0.115. The van der Waals surface area contributed by atoms with Crippen LogP contribution in [0.5, 0.6) is 0 Å². The lowest BCUT2D eigenvalue weighted by Crippen LogP contribution is -2.30. The number of ether oxygens (including phenoxy) is 1. The molecule has 1 aliphatic carbocycles. The molecule has 112 valence electrons. The molecule has 0 bridgehead atoms. The van der Waals surface area contributed by atoms with E-state index < -0.39 is 0 Å². The van der Waals surface area contributed by atoms with Crippen LogP contribution in [0.3, 0.4) is 0 Å². The molecule has 6 heteroatoms. The molecule has 1 aromatic heterocycles. The Kier molecular flexibility index (Phi) is 4.17. The van der Waals surface area contributed by atoms with Crippen molar-refractivity contribution in [2.24, 2.45) is 0 Å². The van der Waals surface area contributed by atoms with E-state index in [0.29, 0.717) is 19.1 Å². The number of amides is 1. The van der Waals surface area contributed by atoms with Gasteiger partial charge in [-0.25, -0.2) is 4.98 Å². The standard InChI is InChI=1S/C15H19N3O3/c1-20-7-6-16-9-14(19)17-11-4-5-12-13(8-11)21-15(18-12)10-2-3-10/h4-5,8,10,16H,2-3,6-7,9H2,1H3,(H,17,19). The predicted octanol–water partition coefficient (Wildman–Crippen LogP) is 1.88. The van der Waals surface area contributed by atoms with Crippen molar-refractivity contribution < 1.29 is 13.9 Å². The Morgan fingerprint density at radius 3 is 3.10 bits per heavy atom. The normalized spacial score (nSPS) is 14.5. The number of methoxy groups -OCH3 is 1. The van der Waals surface area contributed by atoms with Crippen LogP contribution < -0.4 is 10.6 Å². The van der Waals surface area contributed by atoms with Gasteiger partial charge in [-0.3, -0.25) is 4.79 Å². The maximum absolute atomic E-state index is 11.8. The molecule has 6 nitrogen and oxygen atoms in total. The Hall–Kier alpha value is -1.92. The number of anilines is 1. The molecule has 21 heavy (non-hydrogen) atoms. The SMILES string of the molecule is COCCNCC(=O)Nc1ccc2nc(C3CC3)oc2c1. The number of nitrogens with zero attached hydrogens (tertiary/aromatic N) is 1. The lowest BCUT2D eigenvalue weighted by Gasteiger charge is -2.06. The monoisotopic (exact) mass is 289 g/mol. The zero-order chi connectivity index (χ0) is 14.7. The van der Waals surface area contributed by atoms with Crippen LogP contribution in [0.15, 0.2) is 22.6 Å². The average Bonchev–Trinajstić information content (AvgIpc) is 3.24. The molecule has 3 rings (SSSR count). The number of carbonyl (C=O) groups is 1. The van der Waals surface area contributed by atoms with Gasteiger partial charge in [0.05, 0.1) is 13.2 Å². The van der Waals surface area contributed by atoms with Gasteiger partial charge in [0.2, 0.25) is 5.91 Å². The molecule has 1 aliphatic rings. The maximum atomic E-state index is 11.8. The number of benzene rings is 1. The van der Waals surface area contributed by atoms with Crippen molar-refractivity contribution >= 4 is 22.7 Å². The van der Waals surface area contributed by atoms with Crippen molar-refractivity contribution in [2.45, 2.75) is 18.8 Å². The molecular formula is C15H19N3O3. The fourth-order valence-corrected chi connectivity index (χ4v) is 2.11. The summed E-state index contributed by atoms with van der Waals surface area (Å²) in [5.41, 5.74) is 2.29. The van der Waals surface area contributed by atoms with Gasteiger partial charge in [0.15, 0.2) is 11.5 Å². The first-order valence-electron chi connectivity index (χ1n) is 7.16. The Balaban J connectivity index is 1.59. The second kappa shape index (κ2) is 6.24. The Morgan fingerprint density at radius 2 is 2.33 bits per heavy atom. The molecule has 1 fully saturated rings. The highest BCUT2D eigenvalue weighted by Gasteiger charge is 2.28. The van der Waals surface area contributed by atoms with Crippen LogP contribution in [-0.2, 0) is 9.53 Å². The molecular weight excluding hydrogens is 270 g/mol. The van der Waals surface area contributed by atoms with Crippen LogP contribution in [0.1, 0.15) is 24.7 Å². The van der Waals surface area contributed by atoms with Gasteiger partial charge < -0.3 is 19.8 Å². The van der Waals surface area contributed by atoms with Gasteiger partial charge in [-0.1, -0.05) is 0 Å². The summed E-state index contributed by atoms with van der Waals surface area (Å²) >= 11 is 0. The van der Waals surface area contributed by atoms with E-state index in [1.54, 1.807) is 7.11 Å². The van der Waals surface area contributed by atoms with Crippen molar-refractivity contribution in [2.75, 3.05) is 32.1 Å². The average molecular weight is 289 g/mol. The van der Waals surface area contributed by atoms with Crippen LogP contribution in [0.4, 0.5) is 5.69 Å². The van der Waals surface area contributed by atoms with Crippen LogP contribution in [0, 0.1) is 0 Å². The molecule has 0 saturated heterocycles. The van der Waals surface area contributed by atoms with Crippen LogP contribution in [-0.4, -0.2) is 37.7 Å². The number of aromatic nitrogens is 1. The summed E-state index contributed by atoms with van der Waals surface area (Å²) in [5, 5.41) is 5.83. The predicted molar refractivity (Wildman–Crippen MR) is 79.4 cm³/mol. The highest BCUT2D eigenvalue weighted by Crippen LogP contribution is 2.40. The van der Waals surface area contributed by atoms with Gasteiger partial charge in [-0.2, -0.15) is 0 Å². The molecule has 0 radical (unpaired) electrons. The summed E-state index contributed by atoms with van der Waals surface area (Å²) < 4.78 is 10.6. The van der Waals surface area contributed by atoms with E-state index in [1.165, 1.54) is 0 Å². The van der Waals surface area contributed by atoms with E-state index in [4.69, 9.17) is 9.15 Å². The fourth-order valence-electron chi connectivity index (χ4n) is 2.11. The lowest BCUT2D eigenvalue weighted by atomic mass is 10.3. The van der Waals surface area contributed by atoms with Crippen LogP contribution in [0.25, 0.3) is 11.1 Å². The second-order valence-electron chi connectivity index (χ2n) is 5.23. The summed E-state index contributed by atoms with van der Waals surface area (Å²) in [7, 11) is 1.63. The highest BCUT2D eigenvalue weighted by molar-refractivity contribution is 5.94. The molecule has 2 aromatic rings. The number of hydrogen-bond acceptors (Lipinski definition) is 5. The number of nitrogens with one attached hydrogen (secondary N) is 2. The minimum absolute atomic E-state index is 0.0904. The van der Waals surface area contributed by atoms with Crippen molar-refractivity contribution in [1.82, 2.24) is 10.3 Å². The highest BCUT2D eigenvalue weighted by atomic mass is 16.5. The van der Waals surface area contributed by atoms with E-state index in [9.17, 15) is 4.79 Å². The van der Waals surface area contributed by atoms with E-state index in [-0.39, 0.29) is 12.5 Å². The first kappa shape index (κ1) is 14.0. The molecule has 1 amide bonds. The molecule has 0 atom stereocenters. The number of rotatable bonds is 7. The van der Waals surface area contributed by atoms with Crippen LogP contribution in [0.2, 0.25) is 0 Å². The molecule has 1 saturated carbocycles. The number of fused-ring (bicyclic) bond motifs is 1. The topological polar surface area (TPSA) is 76.4 Å². The molecule has 0 unspecified atom stereocenters. The third kappa shape index (κ3) is 3.59. The van der Waals surface area contributed by atoms with Crippen molar-refractivity contribution in [3.05, 3.63) is 24.1 Å². The Labute approximate surface area is 122 Å². The minimum Gasteiger partial charge on any atom is -0.440 e. The first-order chi connectivity index (χ1) is 10.3. The smallest absolute Gasteiger partial charge is 0.238 e. The molecule has 1 aromatic carbocycles. The molecule has 2 N–H and O–H groups in total. The zero-order valence-corrected chi connectivity index (χ0v) is 12.0. The third-order valence-corrected chi connectivity index (χ3v) is 3.38. The quantitative estimate of drug-likeness (QED) is 0.761. The number of carbonyl (C=O) groups excluding carboxylic acids is 1. The zero-order valence-electron chi connectivity index (χ0n) is 12.0. The van der Waals surface area contributed by atoms with Crippen LogP contribution >= 0.6 is 0 Å². The van der Waals surface area contributed by atoms with Gasteiger partial charge in [0, 0.05) is 31.3 Å². The van der Waals surface area contributed by atoms with Crippen molar-refractivity contribution in [3.8, 4) is 0 Å². The van der Waals surface area contributed by atoms with E-state index in [2.05, 4.69) is 15.6 Å². The van der Waals surface area contributed by atoms with Gasteiger partial charge >= 0.3 is 0 Å². The summed E-state index contributed by atoms with van der Waals surface area (Å²) in [6.45, 7) is 1.49. The molecule has 1 heterocycles. The first-order valence-corrected chi connectivity index (χ1v) is 7.16. The summed E-state index contributed by atoms with van der Waals surface area (Å²) in [6.07, 6.45) is 2.31. The van der Waals surface area contributed by atoms with Gasteiger partial charge in [-0.15, -0.1) is 0 Å². The van der Waals surface area contributed by atoms with E-state index in [1.807, 2.05) is 18.2 Å². The molecule has 0 spiro atoms. The maximum Gasteiger partial charge on any atom is 0.238 e. The van der Waals surface area contributed by atoms with E-state index in [0.717, 1.165) is 35.5 Å². The summed E-state index contributed by atoms with van der Waals surface area (Å²) in [5.74, 6) is 1.21. The van der Waals surface area contributed by atoms with Gasteiger partial charge in [0.25, 0.3) is 0 Å². The minimum atomic E-state index is -0.0904. The number of hydrogen-bond donors (Lipinski definition) is 2. The second-order valence-corrected chi connectivity index (χ2v) is 5.23. The number of oxazole rings is 1. The van der Waals surface area contributed by atoms with Crippen molar-refractivity contribution in [3.63, 3.8) is 0 Å². The largest absolute Gasteiger partial charge is 0.440 e. The molecule has 0 aliphatic heterocycles. The summed E-state index contributed by atoms with van der Waals surface area (Å²) in [4.78, 5) is 16.2. The van der Waals surface area contributed by atoms with Crippen molar-refractivity contribution in [1.29, 1.82) is 0 Å². The fraction of sp³-hybridized carbons (Fsp3) is 0.467. The third-order valence-electron chi connectivity index (χ3n) is 3.38. The Bertz CT molecular complexity index is 634. The van der Waals surface area contributed by atoms with Gasteiger partial charge in [0.1, 0.15) is 5.52 Å². The Morgan fingerprint density at radius 1 is 1.48 bits per heavy atom. The van der Waals surface area contributed by atoms with Gasteiger partial charge in [-0.05, 0) is 25.0 Å². The summed E-state index contributed by atoms with van der Waals surface area (Å²) in [6, 6.07) is 5.54.